The SMILES string of the molecule is CCCNC(=O)C(CC)N(Cc1ccccc1)C(=O)CN(c1ccc(C(C)C)cc1)S(=O)(=O)c1ccc(C)cc1. The van der Waals surface area contributed by atoms with Gasteiger partial charge in [0, 0.05) is 13.1 Å². The lowest BCUT2D eigenvalue weighted by atomic mass is 10.0. The molecule has 0 saturated carbocycles. The van der Waals surface area contributed by atoms with Crippen LogP contribution in [0.5, 0.6) is 0 Å². The third-order valence-electron chi connectivity index (χ3n) is 6.87. The van der Waals surface area contributed by atoms with Crippen LogP contribution in [0, 0.1) is 6.92 Å². The predicted octanol–water partition coefficient (Wildman–Crippen LogP) is 5.65. The molecule has 0 saturated heterocycles. The molecule has 0 bridgehead atoms. The third-order valence-corrected chi connectivity index (χ3v) is 8.65. The molecule has 0 aliphatic heterocycles. The van der Waals surface area contributed by atoms with Crippen molar-refractivity contribution in [2.75, 3.05) is 17.4 Å². The van der Waals surface area contributed by atoms with Gasteiger partial charge in [0.25, 0.3) is 10.0 Å². The molecule has 3 rings (SSSR count). The Morgan fingerprint density at radius 1 is 0.875 bits per heavy atom. The molecule has 7 nitrogen and oxygen atoms in total. The van der Waals surface area contributed by atoms with Gasteiger partial charge >= 0.3 is 0 Å². The van der Waals surface area contributed by atoms with Gasteiger partial charge in [-0.15, -0.1) is 0 Å². The number of nitrogens with one attached hydrogen (secondary N) is 1. The van der Waals surface area contributed by atoms with E-state index in [1.54, 1.807) is 36.4 Å². The highest BCUT2D eigenvalue weighted by Crippen LogP contribution is 2.27. The fourth-order valence-corrected chi connectivity index (χ4v) is 5.87. The van der Waals surface area contributed by atoms with Gasteiger partial charge in [0.05, 0.1) is 10.6 Å². The molecule has 3 aromatic carbocycles. The van der Waals surface area contributed by atoms with Gasteiger partial charge in [-0.3, -0.25) is 13.9 Å². The summed E-state index contributed by atoms with van der Waals surface area (Å²) >= 11 is 0. The highest BCUT2D eigenvalue weighted by molar-refractivity contribution is 7.92. The summed E-state index contributed by atoms with van der Waals surface area (Å²) in [5.41, 5.74) is 3.24. The molecule has 214 valence electrons. The Kier molecular flexibility index (Phi) is 10.9. The van der Waals surface area contributed by atoms with Crippen molar-refractivity contribution >= 4 is 27.5 Å². The Balaban J connectivity index is 2.05. The molecule has 0 aliphatic rings. The number of nitrogens with zero attached hydrogens (tertiary/aromatic N) is 2. The molecule has 0 radical (unpaired) electrons. The molecule has 0 aromatic heterocycles. The van der Waals surface area contributed by atoms with E-state index in [1.807, 2.05) is 63.2 Å². The maximum Gasteiger partial charge on any atom is 0.264 e. The molecule has 1 atom stereocenters. The van der Waals surface area contributed by atoms with Crippen LogP contribution in [-0.4, -0.2) is 44.3 Å². The van der Waals surface area contributed by atoms with Gasteiger partial charge in [-0.2, -0.15) is 0 Å². The number of anilines is 1. The smallest absolute Gasteiger partial charge is 0.264 e. The number of rotatable bonds is 13. The van der Waals surface area contributed by atoms with Crippen molar-refractivity contribution in [3.8, 4) is 0 Å². The molecule has 0 heterocycles. The number of hydrogen-bond acceptors (Lipinski definition) is 4. The fraction of sp³-hybridized carbons (Fsp3) is 0.375. The first-order valence-corrected chi connectivity index (χ1v) is 15.3. The van der Waals surface area contributed by atoms with Gasteiger partial charge in [0.1, 0.15) is 12.6 Å². The van der Waals surface area contributed by atoms with Crippen molar-refractivity contribution in [1.82, 2.24) is 10.2 Å². The summed E-state index contributed by atoms with van der Waals surface area (Å²) in [6.45, 7) is 10.1. The van der Waals surface area contributed by atoms with Gasteiger partial charge < -0.3 is 10.2 Å². The van der Waals surface area contributed by atoms with E-state index in [4.69, 9.17) is 0 Å². The lowest BCUT2D eigenvalue weighted by Crippen LogP contribution is -2.52. The first-order valence-electron chi connectivity index (χ1n) is 13.9. The summed E-state index contributed by atoms with van der Waals surface area (Å²) in [5, 5.41) is 2.90. The monoisotopic (exact) mass is 563 g/mol. The number of carbonyl (C=O) groups excluding carboxylic acids is 2. The van der Waals surface area contributed by atoms with Crippen LogP contribution in [-0.2, 0) is 26.2 Å². The summed E-state index contributed by atoms with van der Waals surface area (Å²) in [6, 6.07) is 22.5. The van der Waals surface area contributed by atoms with Gasteiger partial charge in [0.15, 0.2) is 0 Å². The van der Waals surface area contributed by atoms with E-state index in [2.05, 4.69) is 19.2 Å². The summed E-state index contributed by atoms with van der Waals surface area (Å²) in [5.74, 6) is -0.431. The zero-order valence-electron chi connectivity index (χ0n) is 24.1. The van der Waals surface area contributed by atoms with Crippen molar-refractivity contribution < 1.29 is 18.0 Å². The standard InChI is InChI=1S/C32H41N3O4S/c1-6-21-33-32(37)30(7-2)34(22-26-11-9-8-10-12-26)31(36)23-35(28-17-15-27(16-18-28)24(3)4)40(38,39)29-19-13-25(5)14-20-29/h8-20,24,30H,6-7,21-23H2,1-5H3,(H,33,37). The van der Waals surface area contributed by atoms with Crippen molar-refractivity contribution in [2.45, 2.75) is 70.9 Å². The van der Waals surface area contributed by atoms with Crippen molar-refractivity contribution in [1.29, 1.82) is 0 Å². The maximum absolute atomic E-state index is 14.1. The van der Waals surface area contributed by atoms with E-state index < -0.39 is 28.5 Å². The molecule has 8 heteroatoms. The second kappa shape index (κ2) is 14.1. The zero-order valence-corrected chi connectivity index (χ0v) is 24.9. The van der Waals surface area contributed by atoms with Gasteiger partial charge in [-0.25, -0.2) is 8.42 Å². The lowest BCUT2D eigenvalue weighted by molar-refractivity contribution is -0.140. The average Bonchev–Trinajstić information content (AvgIpc) is 2.95. The molecular weight excluding hydrogens is 522 g/mol. The van der Waals surface area contributed by atoms with E-state index in [1.165, 1.54) is 4.90 Å². The molecule has 1 unspecified atom stereocenters. The predicted molar refractivity (Wildman–Crippen MR) is 161 cm³/mol. The van der Waals surface area contributed by atoms with Crippen LogP contribution >= 0.6 is 0 Å². The largest absolute Gasteiger partial charge is 0.354 e. The minimum Gasteiger partial charge on any atom is -0.354 e. The molecule has 0 aliphatic carbocycles. The maximum atomic E-state index is 14.1. The number of aryl methyl sites for hydroxylation is 1. The van der Waals surface area contributed by atoms with E-state index in [-0.39, 0.29) is 23.3 Å². The Bertz CT molecular complexity index is 1360. The molecule has 0 fully saturated rings. The number of hydrogen-bond donors (Lipinski definition) is 1. The Morgan fingerprint density at radius 2 is 1.50 bits per heavy atom. The highest BCUT2D eigenvalue weighted by atomic mass is 32.2. The number of sulfonamides is 1. The topological polar surface area (TPSA) is 86.8 Å². The molecule has 3 aromatic rings. The minimum absolute atomic E-state index is 0.0983. The van der Waals surface area contributed by atoms with Crippen LogP contribution in [0.1, 0.15) is 63.1 Å². The van der Waals surface area contributed by atoms with Crippen LogP contribution in [0.15, 0.2) is 83.8 Å². The number of amides is 2. The van der Waals surface area contributed by atoms with Gasteiger partial charge in [0.2, 0.25) is 11.8 Å². The van der Waals surface area contributed by atoms with Crippen LogP contribution < -0.4 is 9.62 Å². The third kappa shape index (κ3) is 7.72. The van der Waals surface area contributed by atoms with E-state index in [0.29, 0.717) is 18.7 Å². The molecule has 40 heavy (non-hydrogen) atoms. The van der Waals surface area contributed by atoms with Crippen molar-refractivity contribution in [2.24, 2.45) is 0 Å². The van der Waals surface area contributed by atoms with E-state index in [9.17, 15) is 18.0 Å². The van der Waals surface area contributed by atoms with Crippen molar-refractivity contribution in [3.63, 3.8) is 0 Å². The van der Waals surface area contributed by atoms with Crippen LogP contribution in [0.4, 0.5) is 5.69 Å². The van der Waals surface area contributed by atoms with Crippen LogP contribution in [0.2, 0.25) is 0 Å². The van der Waals surface area contributed by atoms with Gasteiger partial charge in [-0.1, -0.05) is 87.9 Å². The summed E-state index contributed by atoms with van der Waals surface area (Å²) in [7, 11) is -4.09. The molecule has 2 amide bonds. The molecular formula is C32H41N3O4S. The number of benzene rings is 3. The summed E-state index contributed by atoms with van der Waals surface area (Å²) in [4.78, 5) is 28.8. The quantitative estimate of drug-likeness (QED) is 0.291. The molecule has 0 spiro atoms. The number of carbonyl (C=O) groups is 2. The fourth-order valence-electron chi connectivity index (χ4n) is 4.46. The van der Waals surface area contributed by atoms with Crippen LogP contribution in [0.3, 0.4) is 0 Å². The Hall–Kier alpha value is -3.65. The lowest BCUT2D eigenvalue weighted by Gasteiger charge is -2.33. The van der Waals surface area contributed by atoms with E-state index >= 15 is 0 Å². The Labute approximate surface area is 239 Å². The Morgan fingerprint density at radius 3 is 2.05 bits per heavy atom. The second-order valence-electron chi connectivity index (χ2n) is 10.3. The first-order chi connectivity index (χ1) is 19.1. The van der Waals surface area contributed by atoms with Crippen LogP contribution in [0.25, 0.3) is 0 Å². The summed E-state index contributed by atoms with van der Waals surface area (Å²) < 4.78 is 29.1. The van der Waals surface area contributed by atoms with E-state index in [0.717, 1.165) is 27.4 Å². The summed E-state index contributed by atoms with van der Waals surface area (Å²) in [6.07, 6.45) is 1.16. The van der Waals surface area contributed by atoms with Gasteiger partial charge in [-0.05, 0) is 61.1 Å². The first kappa shape index (κ1) is 30.9. The highest BCUT2D eigenvalue weighted by Gasteiger charge is 2.33. The molecule has 1 N–H and O–H groups in total. The average molecular weight is 564 g/mol. The normalized spacial score (nSPS) is 12.2. The second-order valence-corrected chi connectivity index (χ2v) is 12.2. The minimum atomic E-state index is -4.09. The zero-order chi connectivity index (χ0) is 29.3. The van der Waals surface area contributed by atoms with Crippen molar-refractivity contribution in [3.05, 3.63) is 95.6 Å².